The van der Waals surface area contributed by atoms with Gasteiger partial charge in [-0.3, -0.25) is 0 Å². The van der Waals surface area contributed by atoms with Crippen molar-refractivity contribution in [2.45, 2.75) is 36.9 Å². The zero-order chi connectivity index (χ0) is 19.0. The van der Waals surface area contributed by atoms with Crippen LogP contribution in [0.5, 0.6) is 0 Å². The van der Waals surface area contributed by atoms with E-state index in [1.807, 2.05) is 36.4 Å². The van der Waals surface area contributed by atoms with Gasteiger partial charge in [0.1, 0.15) is 30.5 Å². The second-order valence-corrected chi connectivity index (χ2v) is 8.09. The maximum absolute atomic E-state index is 10.3. The molecule has 0 spiro atoms. The van der Waals surface area contributed by atoms with Crippen molar-refractivity contribution in [3.05, 3.63) is 70.6 Å². The molecule has 1 saturated heterocycles. The van der Waals surface area contributed by atoms with Crippen LogP contribution in [0.15, 0.2) is 54.6 Å². The third-order valence-electron chi connectivity index (χ3n) is 5.03. The van der Waals surface area contributed by atoms with E-state index in [1.54, 1.807) is 11.3 Å². The van der Waals surface area contributed by atoms with Crippen LogP contribution < -0.4 is 0 Å². The SMILES string of the molecule is OCC1OC(c2cccc(Cc3cc4ccccc4s3)c2)C(O)C(O)C1O. The molecule has 5 unspecified atom stereocenters. The van der Waals surface area contributed by atoms with Gasteiger partial charge >= 0.3 is 0 Å². The third kappa shape index (κ3) is 3.65. The van der Waals surface area contributed by atoms with E-state index >= 15 is 0 Å². The van der Waals surface area contributed by atoms with E-state index in [2.05, 4.69) is 18.2 Å². The lowest BCUT2D eigenvalue weighted by Crippen LogP contribution is -2.55. The summed E-state index contributed by atoms with van der Waals surface area (Å²) in [6.07, 6.45) is -4.93. The number of hydrogen-bond acceptors (Lipinski definition) is 6. The minimum absolute atomic E-state index is 0.428. The Morgan fingerprint density at radius 1 is 0.889 bits per heavy atom. The summed E-state index contributed by atoms with van der Waals surface area (Å²) in [7, 11) is 0. The molecule has 4 rings (SSSR count). The van der Waals surface area contributed by atoms with Gasteiger partial charge in [-0.05, 0) is 28.6 Å². The molecule has 1 fully saturated rings. The van der Waals surface area contributed by atoms with Crippen LogP contribution in [0.4, 0.5) is 0 Å². The highest BCUT2D eigenvalue weighted by atomic mass is 32.1. The maximum Gasteiger partial charge on any atom is 0.113 e. The summed E-state index contributed by atoms with van der Waals surface area (Å²) in [5.74, 6) is 0. The molecule has 1 aliphatic heterocycles. The number of benzene rings is 2. The zero-order valence-electron chi connectivity index (χ0n) is 14.6. The van der Waals surface area contributed by atoms with Gasteiger partial charge in [0.2, 0.25) is 0 Å². The van der Waals surface area contributed by atoms with Crippen LogP contribution in [-0.4, -0.2) is 51.4 Å². The van der Waals surface area contributed by atoms with Crippen molar-refractivity contribution in [2.75, 3.05) is 6.61 Å². The predicted octanol–water partition coefficient (Wildman–Crippen LogP) is 2.01. The highest BCUT2D eigenvalue weighted by Crippen LogP contribution is 2.33. The molecule has 142 valence electrons. The molecule has 2 heterocycles. The zero-order valence-corrected chi connectivity index (χ0v) is 15.4. The van der Waals surface area contributed by atoms with Crippen molar-refractivity contribution >= 4 is 21.4 Å². The summed E-state index contributed by atoms with van der Waals surface area (Å²) < 4.78 is 6.91. The molecule has 3 aromatic rings. The second-order valence-electron chi connectivity index (χ2n) is 6.92. The molecule has 1 aliphatic rings. The minimum Gasteiger partial charge on any atom is -0.394 e. The molecular weight excluding hydrogens is 364 g/mol. The van der Waals surface area contributed by atoms with Gasteiger partial charge in [0.15, 0.2) is 0 Å². The number of fused-ring (bicyclic) bond motifs is 1. The van der Waals surface area contributed by atoms with Crippen LogP contribution in [0.2, 0.25) is 0 Å². The molecule has 6 heteroatoms. The third-order valence-corrected chi connectivity index (χ3v) is 6.14. The average Bonchev–Trinajstić information content (AvgIpc) is 3.09. The van der Waals surface area contributed by atoms with E-state index in [4.69, 9.17) is 4.74 Å². The van der Waals surface area contributed by atoms with Gasteiger partial charge in [-0.2, -0.15) is 0 Å². The minimum atomic E-state index is -1.37. The van der Waals surface area contributed by atoms with Gasteiger partial charge in [-0.1, -0.05) is 42.5 Å². The molecule has 5 atom stereocenters. The van der Waals surface area contributed by atoms with Crippen molar-refractivity contribution < 1.29 is 25.2 Å². The number of aliphatic hydroxyl groups excluding tert-OH is 4. The normalized spacial score (nSPS) is 28.5. The Kier molecular flexibility index (Phi) is 5.27. The highest BCUT2D eigenvalue weighted by Gasteiger charge is 2.43. The molecule has 5 nitrogen and oxygen atoms in total. The molecule has 1 aromatic heterocycles. The maximum atomic E-state index is 10.3. The van der Waals surface area contributed by atoms with Gasteiger partial charge in [-0.25, -0.2) is 0 Å². The highest BCUT2D eigenvalue weighted by molar-refractivity contribution is 7.19. The molecule has 27 heavy (non-hydrogen) atoms. The molecule has 4 N–H and O–H groups in total. The number of rotatable bonds is 4. The first-order chi connectivity index (χ1) is 13.1. The number of aliphatic hydroxyl groups is 4. The topological polar surface area (TPSA) is 90.2 Å². The first-order valence-electron chi connectivity index (χ1n) is 8.93. The van der Waals surface area contributed by atoms with Crippen LogP contribution in [0.25, 0.3) is 10.1 Å². The lowest BCUT2D eigenvalue weighted by atomic mass is 9.90. The Morgan fingerprint density at radius 2 is 1.70 bits per heavy atom. The van der Waals surface area contributed by atoms with Crippen molar-refractivity contribution in [1.29, 1.82) is 0 Å². The van der Waals surface area contributed by atoms with Crippen LogP contribution in [0.3, 0.4) is 0 Å². The number of thiophene rings is 1. The number of ether oxygens (including phenoxy) is 1. The average molecular weight is 386 g/mol. The van der Waals surface area contributed by atoms with Crippen molar-refractivity contribution in [1.82, 2.24) is 0 Å². The number of hydrogen-bond donors (Lipinski definition) is 4. The Bertz CT molecular complexity index is 889. The van der Waals surface area contributed by atoms with E-state index in [0.29, 0.717) is 5.56 Å². The van der Waals surface area contributed by atoms with Gasteiger partial charge in [-0.15, -0.1) is 11.3 Å². The Balaban J connectivity index is 1.58. The second kappa shape index (κ2) is 7.67. The summed E-state index contributed by atoms with van der Waals surface area (Å²) in [5.41, 5.74) is 1.78. The molecule has 0 aliphatic carbocycles. The smallest absolute Gasteiger partial charge is 0.113 e. The van der Waals surface area contributed by atoms with Crippen LogP contribution >= 0.6 is 11.3 Å². The lowest BCUT2D eigenvalue weighted by Gasteiger charge is -2.40. The Labute approximate surface area is 161 Å². The van der Waals surface area contributed by atoms with E-state index in [1.165, 1.54) is 15.0 Å². The predicted molar refractivity (Wildman–Crippen MR) is 104 cm³/mol. The van der Waals surface area contributed by atoms with Gasteiger partial charge in [0, 0.05) is 16.0 Å². The van der Waals surface area contributed by atoms with E-state index < -0.39 is 37.1 Å². The van der Waals surface area contributed by atoms with Crippen molar-refractivity contribution in [3.8, 4) is 0 Å². The van der Waals surface area contributed by atoms with E-state index in [9.17, 15) is 20.4 Å². The molecule has 0 radical (unpaired) electrons. The van der Waals surface area contributed by atoms with Crippen LogP contribution in [0, 0.1) is 0 Å². The van der Waals surface area contributed by atoms with Gasteiger partial charge < -0.3 is 25.2 Å². The largest absolute Gasteiger partial charge is 0.394 e. The molecule has 0 bridgehead atoms. The van der Waals surface area contributed by atoms with Gasteiger partial charge in [0.25, 0.3) is 0 Å². The summed E-state index contributed by atoms with van der Waals surface area (Å²) in [6.45, 7) is -0.428. The fourth-order valence-corrected chi connectivity index (χ4v) is 4.68. The lowest BCUT2D eigenvalue weighted by molar-refractivity contribution is -0.231. The summed E-state index contributed by atoms with van der Waals surface area (Å²) in [6, 6.07) is 18.1. The van der Waals surface area contributed by atoms with Gasteiger partial charge in [0.05, 0.1) is 6.61 Å². The van der Waals surface area contributed by atoms with E-state index in [-0.39, 0.29) is 0 Å². The molecule has 0 amide bonds. The summed E-state index contributed by atoms with van der Waals surface area (Å²) in [5, 5.41) is 40.9. The van der Waals surface area contributed by atoms with E-state index in [0.717, 1.165) is 12.0 Å². The molecule has 2 aromatic carbocycles. The molecular formula is C21H22O5S. The summed E-state index contributed by atoms with van der Waals surface area (Å²) in [4.78, 5) is 1.24. The first-order valence-corrected chi connectivity index (χ1v) is 9.75. The Morgan fingerprint density at radius 3 is 2.48 bits per heavy atom. The fraction of sp³-hybridized carbons (Fsp3) is 0.333. The Hall–Kier alpha value is -1.80. The monoisotopic (exact) mass is 386 g/mol. The molecule has 0 saturated carbocycles. The first kappa shape index (κ1) is 18.6. The standard InChI is InChI=1S/C21H22O5S/c22-11-16-18(23)19(24)20(25)21(26-16)14-6-3-4-12(8-14)9-15-10-13-5-1-2-7-17(13)27-15/h1-8,10,16,18-25H,9,11H2. The quantitative estimate of drug-likeness (QED) is 0.551. The van der Waals surface area contributed by atoms with Crippen molar-refractivity contribution in [2.24, 2.45) is 0 Å². The van der Waals surface area contributed by atoms with Crippen LogP contribution in [-0.2, 0) is 11.2 Å². The van der Waals surface area contributed by atoms with Crippen molar-refractivity contribution in [3.63, 3.8) is 0 Å². The van der Waals surface area contributed by atoms with Crippen LogP contribution in [0.1, 0.15) is 22.1 Å². The fourth-order valence-electron chi connectivity index (χ4n) is 3.58. The summed E-state index contributed by atoms with van der Waals surface area (Å²) >= 11 is 1.75.